The Morgan fingerprint density at radius 1 is 0.308 bits per heavy atom. The fraction of sp³-hybridized carbons (Fsp3) is 0.0769. The second kappa shape index (κ2) is 9.26. The van der Waals surface area contributed by atoms with Crippen LogP contribution in [-0.4, -0.2) is 0 Å². The molecule has 6 aromatic carbocycles. The molecule has 186 valence electrons. The summed E-state index contributed by atoms with van der Waals surface area (Å²) in [6.07, 6.45) is 0. The summed E-state index contributed by atoms with van der Waals surface area (Å²) in [6, 6.07) is 53.0. The molecule has 0 fully saturated rings. The van der Waals surface area contributed by atoms with Crippen LogP contribution in [0.15, 0.2) is 146 Å². The van der Waals surface area contributed by atoms with Crippen LogP contribution in [0.3, 0.4) is 0 Å². The van der Waals surface area contributed by atoms with Crippen molar-refractivity contribution >= 4 is 0 Å². The summed E-state index contributed by atoms with van der Waals surface area (Å²) in [5.74, 6) is 0. The summed E-state index contributed by atoms with van der Waals surface area (Å²) in [6.45, 7) is 4.68. The van der Waals surface area contributed by atoms with Gasteiger partial charge in [0.25, 0.3) is 0 Å². The molecule has 0 unspecified atom stereocenters. The second-order valence-electron chi connectivity index (χ2n) is 11.0. The van der Waals surface area contributed by atoms with Crippen LogP contribution in [0.2, 0.25) is 0 Å². The first kappa shape index (κ1) is 23.4. The van der Waals surface area contributed by atoms with Gasteiger partial charge in [0.05, 0.1) is 0 Å². The van der Waals surface area contributed by atoms with Crippen molar-refractivity contribution in [2.24, 2.45) is 0 Å². The van der Waals surface area contributed by atoms with Crippen LogP contribution in [0.5, 0.6) is 0 Å². The van der Waals surface area contributed by atoms with Crippen LogP contribution in [0.1, 0.15) is 25.0 Å². The van der Waals surface area contributed by atoms with Crippen LogP contribution in [-0.2, 0) is 5.41 Å². The largest absolute Gasteiger partial charge is 0.0622 e. The van der Waals surface area contributed by atoms with Gasteiger partial charge in [-0.15, -0.1) is 0 Å². The minimum Gasteiger partial charge on any atom is -0.0622 e. The van der Waals surface area contributed by atoms with E-state index in [-0.39, 0.29) is 5.41 Å². The van der Waals surface area contributed by atoms with E-state index >= 15 is 0 Å². The molecule has 0 heterocycles. The topological polar surface area (TPSA) is 0 Å². The maximum Gasteiger partial charge on any atom is 0.0159 e. The molecular weight excluding hydrogens is 468 g/mol. The summed E-state index contributed by atoms with van der Waals surface area (Å²) in [7, 11) is 0. The maximum absolute atomic E-state index is 2.40. The maximum atomic E-state index is 2.40. The molecule has 0 nitrogen and oxygen atoms in total. The lowest BCUT2D eigenvalue weighted by atomic mass is 9.81. The van der Waals surface area contributed by atoms with Crippen molar-refractivity contribution in [1.29, 1.82) is 0 Å². The van der Waals surface area contributed by atoms with Crippen LogP contribution in [0.25, 0.3) is 55.6 Å². The molecule has 0 radical (unpaired) electrons. The minimum absolute atomic E-state index is 0.00691. The van der Waals surface area contributed by atoms with Crippen molar-refractivity contribution < 1.29 is 0 Å². The van der Waals surface area contributed by atoms with Crippen LogP contribution in [0, 0.1) is 0 Å². The van der Waals surface area contributed by atoms with Gasteiger partial charge in [0, 0.05) is 5.41 Å². The highest BCUT2D eigenvalue weighted by molar-refractivity contribution is 5.92. The standard InChI is InChI=1S/C39H30/c1-39(2)37-19-11-10-18-35(37)36-25-24-30(26-38(36)39)27-20-22-29(23-21-27)32-15-7-9-17-34(32)33-16-8-6-14-31(33)28-12-4-3-5-13-28/h3-26H,1-2H3. The molecule has 0 saturated carbocycles. The van der Waals surface area contributed by atoms with Gasteiger partial charge in [-0.05, 0) is 72.8 Å². The van der Waals surface area contributed by atoms with Crippen molar-refractivity contribution in [1.82, 2.24) is 0 Å². The van der Waals surface area contributed by atoms with Gasteiger partial charge in [-0.25, -0.2) is 0 Å². The molecule has 0 spiro atoms. The lowest BCUT2D eigenvalue weighted by molar-refractivity contribution is 0.660. The number of hydrogen-bond donors (Lipinski definition) is 0. The fourth-order valence-corrected chi connectivity index (χ4v) is 6.28. The van der Waals surface area contributed by atoms with Crippen molar-refractivity contribution in [2.45, 2.75) is 19.3 Å². The van der Waals surface area contributed by atoms with Gasteiger partial charge in [0.15, 0.2) is 0 Å². The highest BCUT2D eigenvalue weighted by Gasteiger charge is 2.35. The third kappa shape index (κ3) is 3.92. The van der Waals surface area contributed by atoms with E-state index in [2.05, 4.69) is 159 Å². The first-order valence-corrected chi connectivity index (χ1v) is 13.7. The Hall–Kier alpha value is -4.68. The Labute approximate surface area is 231 Å². The van der Waals surface area contributed by atoms with E-state index in [0.29, 0.717) is 0 Å². The zero-order valence-electron chi connectivity index (χ0n) is 22.4. The molecule has 0 N–H and O–H groups in total. The summed E-state index contributed by atoms with van der Waals surface area (Å²) in [5.41, 5.74) is 15.5. The molecule has 0 aromatic heterocycles. The summed E-state index contributed by atoms with van der Waals surface area (Å²) < 4.78 is 0. The molecule has 0 bridgehead atoms. The molecule has 0 amide bonds. The lowest BCUT2D eigenvalue weighted by Gasteiger charge is -2.22. The third-order valence-electron chi connectivity index (χ3n) is 8.34. The predicted molar refractivity (Wildman–Crippen MR) is 166 cm³/mol. The third-order valence-corrected chi connectivity index (χ3v) is 8.34. The Morgan fingerprint density at radius 3 is 1.38 bits per heavy atom. The van der Waals surface area contributed by atoms with E-state index in [0.717, 1.165) is 0 Å². The van der Waals surface area contributed by atoms with Crippen LogP contribution in [0.4, 0.5) is 0 Å². The fourth-order valence-electron chi connectivity index (χ4n) is 6.28. The molecule has 0 heteroatoms. The zero-order chi connectivity index (χ0) is 26.4. The van der Waals surface area contributed by atoms with Crippen molar-refractivity contribution in [3.05, 3.63) is 157 Å². The summed E-state index contributed by atoms with van der Waals surface area (Å²) in [4.78, 5) is 0. The molecule has 0 aliphatic heterocycles. The van der Waals surface area contributed by atoms with E-state index in [1.807, 2.05) is 0 Å². The smallest absolute Gasteiger partial charge is 0.0159 e. The number of benzene rings is 6. The van der Waals surface area contributed by atoms with Gasteiger partial charge >= 0.3 is 0 Å². The minimum atomic E-state index is 0.00691. The molecule has 0 atom stereocenters. The van der Waals surface area contributed by atoms with E-state index < -0.39 is 0 Å². The predicted octanol–water partition coefficient (Wildman–Crippen LogP) is 10.7. The van der Waals surface area contributed by atoms with E-state index in [4.69, 9.17) is 0 Å². The average Bonchev–Trinajstić information content (AvgIpc) is 3.24. The SMILES string of the molecule is CC1(C)c2ccccc2-c2ccc(-c3ccc(-c4ccccc4-c4ccccc4-c4ccccc4)cc3)cc21. The number of hydrogen-bond acceptors (Lipinski definition) is 0. The Balaban J connectivity index is 1.27. The van der Waals surface area contributed by atoms with E-state index in [1.165, 1.54) is 66.8 Å². The molecule has 6 aromatic rings. The first-order chi connectivity index (χ1) is 19.1. The number of fused-ring (bicyclic) bond motifs is 3. The molecule has 1 aliphatic rings. The summed E-state index contributed by atoms with van der Waals surface area (Å²) >= 11 is 0. The highest BCUT2D eigenvalue weighted by Crippen LogP contribution is 2.49. The van der Waals surface area contributed by atoms with Crippen molar-refractivity contribution in [2.75, 3.05) is 0 Å². The average molecular weight is 499 g/mol. The van der Waals surface area contributed by atoms with Crippen molar-refractivity contribution in [3.8, 4) is 55.6 Å². The molecular formula is C39H30. The summed E-state index contributed by atoms with van der Waals surface area (Å²) in [5, 5.41) is 0. The molecule has 1 aliphatic carbocycles. The quantitative estimate of drug-likeness (QED) is 0.227. The second-order valence-corrected chi connectivity index (χ2v) is 11.0. The van der Waals surface area contributed by atoms with Crippen LogP contribution >= 0.6 is 0 Å². The molecule has 39 heavy (non-hydrogen) atoms. The molecule has 0 saturated heterocycles. The van der Waals surface area contributed by atoms with Gasteiger partial charge in [-0.2, -0.15) is 0 Å². The zero-order valence-corrected chi connectivity index (χ0v) is 22.4. The van der Waals surface area contributed by atoms with Gasteiger partial charge in [-0.3, -0.25) is 0 Å². The van der Waals surface area contributed by atoms with Gasteiger partial charge < -0.3 is 0 Å². The normalized spacial score (nSPS) is 13.1. The van der Waals surface area contributed by atoms with Gasteiger partial charge in [-0.1, -0.05) is 153 Å². The van der Waals surface area contributed by atoms with Crippen molar-refractivity contribution in [3.63, 3.8) is 0 Å². The van der Waals surface area contributed by atoms with E-state index in [9.17, 15) is 0 Å². The van der Waals surface area contributed by atoms with Gasteiger partial charge in [0.1, 0.15) is 0 Å². The Kier molecular flexibility index (Phi) is 5.56. The molecule has 7 rings (SSSR count). The monoisotopic (exact) mass is 498 g/mol. The first-order valence-electron chi connectivity index (χ1n) is 13.7. The number of rotatable bonds is 4. The highest BCUT2D eigenvalue weighted by atomic mass is 14.4. The van der Waals surface area contributed by atoms with Gasteiger partial charge in [0.2, 0.25) is 0 Å². The lowest BCUT2D eigenvalue weighted by Crippen LogP contribution is -2.14. The van der Waals surface area contributed by atoms with Crippen LogP contribution < -0.4 is 0 Å². The van der Waals surface area contributed by atoms with E-state index in [1.54, 1.807) is 0 Å². The Bertz CT molecular complexity index is 1800. The Morgan fingerprint density at radius 2 is 0.744 bits per heavy atom.